The number of carbonyl (C=O) groups excluding carboxylic acids is 1. The van der Waals surface area contributed by atoms with Crippen molar-refractivity contribution >= 4 is 23.0 Å². The molecule has 0 bridgehead atoms. The van der Waals surface area contributed by atoms with Crippen LogP contribution >= 0.6 is 0 Å². The summed E-state index contributed by atoms with van der Waals surface area (Å²) >= 11 is 0. The number of hydrogen-bond acceptors (Lipinski definition) is 6. The summed E-state index contributed by atoms with van der Waals surface area (Å²) in [6, 6.07) is 8.47. The topological polar surface area (TPSA) is 73.6 Å². The lowest BCUT2D eigenvalue weighted by Gasteiger charge is -2.39. The average molecular weight is 341 g/mol. The van der Waals surface area contributed by atoms with Crippen molar-refractivity contribution in [2.24, 2.45) is 11.3 Å². The highest BCUT2D eigenvalue weighted by atomic mass is 16.4. The van der Waals surface area contributed by atoms with Crippen molar-refractivity contribution in [3.05, 3.63) is 24.3 Å². The molecule has 25 heavy (non-hydrogen) atoms. The Bertz CT molecular complexity index is 753. The van der Waals surface area contributed by atoms with Gasteiger partial charge in [-0.3, -0.25) is 4.79 Å². The third-order valence-corrected chi connectivity index (χ3v) is 5.99. The number of para-hydroxylation sites is 2. The van der Waals surface area contributed by atoms with Gasteiger partial charge < -0.3 is 24.9 Å². The van der Waals surface area contributed by atoms with Crippen molar-refractivity contribution in [1.82, 2.24) is 20.5 Å². The van der Waals surface area contributed by atoms with Crippen molar-refractivity contribution in [1.29, 1.82) is 0 Å². The molecule has 0 radical (unpaired) electrons. The lowest BCUT2D eigenvalue weighted by molar-refractivity contribution is -0.141. The third kappa shape index (κ3) is 2.33. The zero-order chi connectivity index (χ0) is 16.9. The van der Waals surface area contributed by atoms with Crippen LogP contribution in [0.2, 0.25) is 0 Å². The van der Waals surface area contributed by atoms with Gasteiger partial charge in [0.05, 0.1) is 5.41 Å². The number of amides is 1. The van der Waals surface area contributed by atoms with Crippen LogP contribution in [-0.4, -0.2) is 68.1 Å². The van der Waals surface area contributed by atoms with Crippen LogP contribution in [0.5, 0.6) is 0 Å². The summed E-state index contributed by atoms with van der Waals surface area (Å²) in [5.41, 5.74) is 1.46. The van der Waals surface area contributed by atoms with E-state index < -0.39 is 0 Å². The lowest BCUT2D eigenvalue weighted by Crippen LogP contribution is -2.55. The normalized spacial score (nSPS) is 29.4. The van der Waals surface area contributed by atoms with Crippen molar-refractivity contribution in [3.63, 3.8) is 0 Å². The summed E-state index contributed by atoms with van der Waals surface area (Å²) < 4.78 is 5.86. The number of nitrogens with zero attached hydrogens (tertiary/aromatic N) is 3. The number of anilines is 1. The fraction of sp³-hybridized carbons (Fsp3) is 0.556. The predicted molar refractivity (Wildman–Crippen MR) is 94.5 cm³/mol. The maximum absolute atomic E-state index is 13.2. The number of oxazole rings is 1. The first kappa shape index (κ1) is 15.2. The van der Waals surface area contributed by atoms with Crippen molar-refractivity contribution in [2.75, 3.05) is 57.3 Å². The summed E-state index contributed by atoms with van der Waals surface area (Å²) in [6.07, 6.45) is 0. The molecule has 3 aliphatic rings. The zero-order valence-corrected chi connectivity index (χ0v) is 14.2. The van der Waals surface area contributed by atoms with Gasteiger partial charge in [-0.1, -0.05) is 12.1 Å². The molecule has 2 N–H and O–H groups in total. The molecule has 3 saturated heterocycles. The molecule has 7 heteroatoms. The largest absolute Gasteiger partial charge is 0.423 e. The van der Waals surface area contributed by atoms with Crippen molar-refractivity contribution in [3.8, 4) is 0 Å². The maximum atomic E-state index is 13.2. The number of nitrogens with one attached hydrogen (secondary N) is 2. The van der Waals surface area contributed by atoms with E-state index >= 15 is 0 Å². The Balaban J connectivity index is 1.29. The molecule has 3 fully saturated rings. The molecule has 1 amide bonds. The van der Waals surface area contributed by atoms with E-state index in [1.807, 2.05) is 29.2 Å². The van der Waals surface area contributed by atoms with Gasteiger partial charge in [-0.25, -0.2) is 0 Å². The van der Waals surface area contributed by atoms with E-state index in [2.05, 4.69) is 20.5 Å². The van der Waals surface area contributed by atoms with Crippen molar-refractivity contribution < 1.29 is 9.21 Å². The molecule has 3 aliphatic heterocycles. The van der Waals surface area contributed by atoms with Gasteiger partial charge in [0.15, 0.2) is 5.58 Å². The van der Waals surface area contributed by atoms with Crippen LogP contribution in [-0.2, 0) is 4.79 Å². The second kappa shape index (κ2) is 5.71. The van der Waals surface area contributed by atoms with Crippen molar-refractivity contribution in [2.45, 2.75) is 0 Å². The lowest BCUT2D eigenvalue weighted by atomic mass is 9.79. The number of aromatic nitrogens is 1. The number of benzene rings is 1. The summed E-state index contributed by atoms with van der Waals surface area (Å²) in [4.78, 5) is 21.9. The van der Waals surface area contributed by atoms with Crippen LogP contribution < -0.4 is 15.5 Å². The summed E-state index contributed by atoms with van der Waals surface area (Å²) in [5.74, 6) is 0.736. The van der Waals surface area contributed by atoms with Crippen LogP contribution in [0, 0.1) is 11.3 Å². The highest BCUT2D eigenvalue weighted by Gasteiger charge is 2.53. The van der Waals surface area contributed by atoms with Gasteiger partial charge in [-0.2, -0.15) is 4.98 Å². The Kier molecular flexibility index (Phi) is 3.46. The fourth-order valence-electron chi connectivity index (χ4n) is 4.49. The smallest absolute Gasteiger partial charge is 0.298 e. The van der Waals surface area contributed by atoms with E-state index in [9.17, 15) is 4.79 Å². The van der Waals surface area contributed by atoms with Gasteiger partial charge in [0.1, 0.15) is 5.52 Å². The summed E-state index contributed by atoms with van der Waals surface area (Å²) in [6.45, 7) is 6.48. The molecule has 5 rings (SSSR count). The molecule has 1 aromatic heterocycles. The number of piperazine rings is 1. The molecule has 0 unspecified atom stereocenters. The van der Waals surface area contributed by atoms with Gasteiger partial charge in [-0.05, 0) is 12.1 Å². The molecule has 1 aromatic carbocycles. The first-order chi connectivity index (χ1) is 12.3. The van der Waals surface area contributed by atoms with Gasteiger partial charge in [-0.15, -0.1) is 0 Å². The first-order valence-electron chi connectivity index (χ1n) is 9.08. The molecule has 0 saturated carbocycles. The monoisotopic (exact) mass is 341 g/mol. The summed E-state index contributed by atoms with van der Waals surface area (Å²) in [5, 5.41) is 6.82. The van der Waals surface area contributed by atoms with E-state index in [1.165, 1.54) is 0 Å². The highest BCUT2D eigenvalue weighted by Crippen LogP contribution is 2.37. The maximum Gasteiger partial charge on any atom is 0.298 e. The molecular formula is C18H23N5O2. The molecule has 0 aliphatic carbocycles. The average Bonchev–Trinajstić information content (AvgIpc) is 3.34. The Morgan fingerprint density at radius 3 is 2.56 bits per heavy atom. The molecule has 132 valence electrons. The highest BCUT2D eigenvalue weighted by molar-refractivity contribution is 5.85. The van der Waals surface area contributed by atoms with Crippen LogP contribution in [0.4, 0.5) is 6.01 Å². The number of carbonyl (C=O) groups is 1. The predicted octanol–water partition coefficient (Wildman–Crippen LogP) is 0.285. The van der Waals surface area contributed by atoms with Crippen LogP contribution in [0.1, 0.15) is 0 Å². The van der Waals surface area contributed by atoms with Gasteiger partial charge >= 0.3 is 0 Å². The van der Waals surface area contributed by atoms with E-state index in [-0.39, 0.29) is 5.41 Å². The first-order valence-corrected chi connectivity index (χ1v) is 9.08. The Morgan fingerprint density at radius 1 is 1.12 bits per heavy atom. The van der Waals surface area contributed by atoms with E-state index in [4.69, 9.17) is 4.42 Å². The van der Waals surface area contributed by atoms with E-state index in [1.54, 1.807) is 0 Å². The molecule has 2 aromatic rings. The number of fused-ring (bicyclic) bond motifs is 2. The fourth-order valence-corrected chi connectivity index (χ4v) is 4.49. The van der Waals surface area contributed by atoms with Crippen LogP contribution in [0.25, 0.3) is 11.1 Å². The Morgan fingerprint density at radius 2 is 1.84 bits per heavy atom. The van der Waals surface area contributed by atoms with Crippen LogP contribution in [0.3, 0.4) is 0 Å². The van der Waals surface area contributed by atoms with E-state index in [0.717, 1.165) is 63.5 Å². The number of rotatable bonds is 2. The van der Waals surface area contributed by atoms with Crippen LogP contribution in [0.15, 0.2) is 28.7 Å². The molecular weight excluding hydrogens is 318 g/mol. The minimum Gasteiger partial charge on any atom is -0.423 e. The summed E-state index contributed by atoms with van der Waals surface area (Å²) in [7, 11) is 0. The van der Waals surface area contributed by atoms with Gasteiger partial charge in [0.25, 0.3) is 6.01 Å². The molecule has 4 heterocycles. The second-order valence-corrected chi connectivity index (χ2v) is 7.36. The SMILES string of the molecule is O=C(N1CCN(c2nc3ccccc3o2)CC1)C12CNCC1CNC2. The van der Waals surface area contributed by atoms with Gasteiger partial charge in [0.2, 0.25) is 5.91 Å². The minimum absolute atomic E-state index is 0.236. The minimum atomic E-state index is -0.236. The molecule has 0 atom stereocenters. The zero-order valence-electron chi connectivity index (χ0n) is 14.2. The second-order valence-electron chi connectivity index (χ2n) is 7.36. The Labute approximate surface area is 146 Å². The quantitative estimate of drug-likeness (QED) is 0.818. The van der Waals surface area contributed by atoms with Gasteiger partial charge in [0, 0.05) is 58.3 Å². The Hall–Kier alpha value is -2.12. The molecule has 0 spiro atoms. The van der Waals surface area contributed by atoms with E-state index in [0.29, 0.717) is 17.8 Å². The molecule has 7 nitrogen and oxygen atoms in total. The standard InChI is InChI=1S/C18H23N5O2/c24-16(18-11-19-9-13(18)10-20-12-18)22-5-7-23(8-6-22)17-21-14-3-1-2-4-15(14)25-17/h1-4,13,19-20H,5-12H2. The third-order valence-electron chi connectivity index (χ3n) is 5.99. The number of hydrogen-bond donors (Lipinski definition) is 2.